The zero-order chi connectivity index (χ0) is 25.2. The smallest absolute Gasteiger partial charge is 0.226 e. The van der Waals surface area contributed by atoms with Crippen LogP contribution in [0.15, 0.2) is 67.4 Å². The van der Waals surface area contributed by atoms with Gasteiger partial charge >= 0.3 is 0 Å². The first kappa shape index (κ1) is 23.6. The maximum absolute atomic E-state index is 14.0. The second-order valence-corrected chi connectivity index (χ2v) is 8.96. The quantitative estimate of drug-likeness (QED) is 0.372. The molecule has 184 valence electrons. The molecule has 0 radical (unpaired) electrons. The van der Waals surface area contributed by atoms with E-state index in [2.05, 4.69) is 31.9 Å². The number of pyridine rings is 1. The number of hydrogen-bond donors (Lipinski definition) is 2. The van der Waals surface area contributed by atoms with Gasteiger partial charge in [0.05, 0.1) is 23.5 Å². The molecule has 0 bridgehead atoms. The molecule has 0 saturated carbocycles. The Labute approximate surface area is 212 Å². The number of halogens is 1. The highest BCUT2D eigenvalue weighted by Gasteiger charge is 2.41. The van der Waals surface area contributed by atoms with E-state index in [-0.39, 0.29) is 30.1 Å². The number of nitrogens with zero attached hydrogens (tertiary/aromatic N) is 6. The van der Waals surface area contributed by atoms with E-state index < -0.39 is 5.82 Å². The van der Waals surface area contributed by atoms with Gasteiger partial charge in [0, 0.05) is 36.1 Å². The van der Waals surface area contributed by atoms with Crippen molar-refractivity contribution in [1.29, 1.82) is 0 Å². The van der Waals surface area contributed by atoms with Gasteiger partial charge in [-0.2, -0.15) is 0 Å². The molecule has 11 heteroatoms. The zero-order valence-corrected chi connectivity index (χ0v) is 20.6. The van der Waals surface area contributed by atoms with Crippen LogP contribution in [0, 0.1) is 19.7 Å². The van der Waals surface area contributed by atoms with E-state index in [1.807, 2.05) is 46.3 Å². The molecule has 36 heavy (non-hydrogen) atoms. The van der Waals surface area contributed by atoms with Crippen LogP contribution in [0.4, 0.5) is 10.1 Å². The summed E-state index contributed by atoms with van der Waals surface area (Å²) in [5.74, 6) is -0.767. The number of para-hydroxylation sites is 1. The SMILES string of the molecule is Cc1cc([C@H]2[C@@H](c3ccccn3)NC(=S)N2CCC(=O)Nc2ccccc2F)c(C)n1-n1cnnc1. The van der Waals surface area contributed by atoms with E-state index in [1.165, 1.54) is 12.1 Å². The van der Waals surface area contributed by atoms with Crippen molar-refractivity contribution in [2.45, 2.75) is 32.4 Å². The topological polar surface area (TPSA) is 92.9 Å². The van der Waals surface area contributed by atoms with Crippen molar-refractivity contribution < 1.29 is 9.18 Å². The summed E-state index contributed by atoms with van der Waals surface area (Å²) in [5, 5.41) is 14.5. The van der Waals surface area contributed by atoms with Crippen molar-refractivity contribution in [3.05, 3.63) is 95.8 Å². The molecule has 3 aromatic heterocycles. The van der Waals surface area contributed by atoms with Crippen LogP contribution in [0.25, 0.3) is 0 Å². The molecule has 1 amide bonds. The summed E-state index contributed by atoms with van der Waals surface area (Å²) in [6, 6.07) is 13.5. The molecule has 5 rings (SSSR count). The third-order valence-electron chi connectivity index (χ3n) is 6.32. The predicted molar refractivity (Wildman–Crippen MR) is 137 cm³/mol. The molecule has 4 heterocycles. The lowest BCUT2D eigenvalue weighted by Crippen LogP contribution is -2.33. The van der Waals surface area contributed by atoms with Crippen molar-refractivity contribution in [2.24, 2.45) is 0 Å². The summed E-state index contributed by atoms with van der Waals surface area (Å²) in [5.41, 5.74) is 4.03. The van der Waals surface area contributed by atoms with Crippen molar-refractivity contribution in [2.75, 3.05) is 11.9 Å². The van der Waals surface area contributed by atoms with Gasteiger partial charge in [-0.3, -0.25) is 14.5 Å². The lowest BCUT2D eigenvalue weighted by molar-refractivity contribution is -0.116. The fourth-order valence-electron chi connectivity index (χ4n) is 4.71. The Balaban J connectivity index is 1.46. The highest BCUT2D eigenvalue weighted by atomic mass is 32.1. The van der Waals surface area contributed by atoms with Gasteiger partial charge in [-0.1, -0.05) is 18.2 Å². The first-order valence-electron chi connectivity index (χ1n) is 11.5. The molecule has 0 spiro atoms. The molecular weight excluding hydrogens is 479 g/mol. The average molecular weight is 505 g/mol. The Morgan fingerprint density at radius 1 is 1.14 bits per heavy atom. The Hall–Kier alpha value is -4.12. The Morgan fingerprint density at radius 3 is 2.61 bits per heavy atom. The van der Waals surface area contributed by atoms with Crippen molar-refractivity contribution in [1.82, 2.24) is 34.8 Å². The predicted octanol–water partition coefficient (Wildman–Crippen LogP) is 3.54. The highest BCUT2D eigenvalue weighted by Crippen LogP contribution is 2.40. The van der Waals surface area contributed by atoms with E-state index in [0.29, 0.717) is 11.7 Å². The van der Waals surface area contributed by atoms with Crippen LogP contribution in [-0.2, 0) is 4.79 Å². The highest BCUT2D eigenvalue weighted by molar-refractivity contribution is 7.80. The summed E-state index contributed by atoms with van der Waals surface area (Å²) < 4.78 is 17.8. The number of benzene rings is 1. The molecule has 2 atom stereocenters. The molecule has 0 aliphatic carbocycles. The number of amides is 1. The number of carbonyl (C=O) groups is 1. The van der Waals surface area contributed by atoms with E-state index in [9.17, 15) is 9.18 Å². The largest absolute Gasteiger partial charge is 0.352 e. The first-order chi connectivity index (χ1) is 17.4. The standard InChI is InChI=1S/C25H25FN8OS/c1-16-13-18(17(2)34(16)32-14-28-29-15-32)24-23(21-9-5-6-11-27-21)31-25(36)33(24)12-10-22(35)30-20-8-4-3-7-19(20)26/h3-9,11,13-15,23-24H,10,12H2,1-2H3,(H,30,35)(H,31,36)/t23-,24+/m1/s1. The van der Waals surface area contributed by atoms with Gasteiger partial charge in [0.1, 0.15) is 18.5 Å². The minimum Gasteiger partial charge on any atom is -0.352 e. The van der Waals surface area contributed by atoms with Crippen molar-refractivity contribution >= 4 is 28.9 Å². The fourth-order valence-corrected chi connectivity index (χ4v) is 5.04. The van der Waals surface area contributed by atoms with Gasteiger partial charge in [-0.15, -0.1) is 10.2 Å². The maximum Gasteiger partial charge on any atom is 0.226 e. The fraction of sp³-hybridized carbons (Fsp3) is 0.240. The molecule has 2 N–H and O–H groups in total. The molecule has 0 unspecified atom stereocenters. The van der Waals surface area contributed by atoms with Crippen molar-refractivity contribution in [3.63, 3.8) is 0 Å². The third kappa shape index (κ3) is 4.44. The number of aromatic nitrogens is 5. The normalized spacial score (nSPS) is 17.3. The van der Waals surface area contributed by atoms with E-state index in [4.69, 9.17) is 12.2 Å². The van der Waals surface area contributed by atoms with Crippen LogP contribution >= 0.6 is 12.2 Å². The lowest BCUT2D eigenvalue weighted by Gasteiger charge is -2.28. The van der Waals surface area contributed by atoms with Crippen molar-refractivity contribution in [3.8, 4) is 0 Å². The van der Waals surface area contributed by atoms with E-state index >= 15 is 0 Å². The number of anilines is 1. The zero-order valence-electron chi connectivity index (χ0n) is 19.8. The van der Waals surface area contributed by atoms with E-state index in [1.54, 1.807) is 31.0 Å². The third-order valence-corrected chi connectivity index (χ3v) is 6.67. The average Bonchev–Trinajstić information content (AvgIpc) is 3.58. The Kier molecular flexibility index (Phi) is 6.47. The van der Waals surface area contributed by atoms with Crippen LogP contribution in [0.5, 0.6) is 0 Å². The number of nitrogens with one attached hydrogen (secondary N) is 2. The minimum absolute atomic E-state index is 0.131. The number of thiocarbonyl (C=S) groups is 1. The number of hydrogen-bond acceptors (Lipinski definition) is 5. The molecular formula is C25H25FN8OS. The summed E-state index contributed by atoms with van der Waals surface area (Å²) in [4.78, 5) is 19.3. The van der Waals surface area contributed by atoms with Crippen LogP contribution in [0.3, 0.4) is 0 Å². The summed E-state index contributed by atoms with van der Waals surface area (Å²) in [7, 11) is 0. The molecule has 4 aromatic rings. The number of carbonyl (C=O) groups excluding carboxylic acids is 1. The molecule has 1 saturated heterocycles. The maximum atomic E-state index is 14.0. The lowest BCUT2D eigenvalue weighted by atomic mass is 9.96. The Morgan fingerprint density at radius 2 is 1.89 bits per heavy atom. The number of rotatable bonds is 7. The molecule has 9 nitrogen and oxygen atoms in total. The first-order valence-corrected chi connectivity index (χ1v) is 11.9. The van der Waals surface area contributed by atoms with Gasteiger partial charge in [0.15, 0.2) is 5.11 Å². The summed E-state index contributed by atoms with van der Waals surface area (Å²) in [6.07, 6.45) is 5.17. The van der Waals surface area contributed by atoms with Crippen LogP contribution < -0.4 is 10.6 Å². The molecule has 1 aliphatic rings. The van der Waals surface area contributed by atoms with Gasteiger partial charge < -0.3 is 15.5 Å². The summed E-state index contributed by atoms with van der Waals surface area (Å²) in [6.45, 7) is 4.39. The summed E-state index contributed by atoms with van der Waals surface area (Å²) >= 11 is 5.72. The monoisotopic (exact) mass is 504 g/mol. The minimum atomic E-state index is -0.473. The van der Waals surface area contributed by atoms with Crippen LogP contribution in [0.1, 0.15) is 41.1 Å². The second kappa shape index (κ2) is 9.86. The van der Waals surface area contributed by atoms with Gasteiger partial charge in [0.25, 0.3) is 0 Å². The number of aryl methyl sites for hydroxylation is 1. The van der Waals surface area contributed by atoms with E-state index in [0.717, 1.165) is 22.6 Å². The molecule has 1 aromatic carbocycles. The Bertz CT molecular complexity index is 1390. The molecule has 1 aliphatic heterocycles. The molecule has 1 fully saturated rings. The van der Waals surface area contributed by atoms with Gasteiger partial charge in [-0.25, -0.2) is 9.07 Å². The van der Waals surface area contributed by atoms with Gasteiger partial charge in [0.2, 0.25) is 5.91 Å². The van der Waals surface area contributed by atoms with Crippen LogP contribution in [0.2, 0.25) is 0 Å². The second-order valence-electron chi connectivity index (χ2n) is 8.58. The van der Waals surface area contributed by atoms with Crippen LogP contribution in [-0.4, -0.2) is 47.0 Å². The van der Waals surface area contributed by atoms with Gasteiger partial charge in [-0.05, 0) is 56.4 Å².